The maximum absolute atomic E-state index is 8.18. The van der Waals surface area contributed by atoms with Gasteiger partial charge in [-0.05, 0) is 44.2 Å². The molecule has 86 valence electrons. The molecule has 0 unspecified atom stereocenters. The third-order valence-corrected chi connectivity index (χ3v) is 2.46. The predicted molar refractivity (Wildman–Crippen MR) is 67.1 cm³/mol. The van der Waals surface area contributed by atoms with E-state index in [1.807, 2.05) is 19.0 Å². The summed E-state index contributed by atoms with van der Waals surface area (Å²) in [5, 5.41) is 0.541. The van der Waals surface area contributed by atoms with Crippen LogP contribution in [-0.4, -0.2) is 37.6 Å². The smallest absolute Gasteiger partial charge is 0.166 e. The van der Waals surface area contributed by atoms with Crippen molar-refractivity contribution in [1.82, 2.24) is 9.88 Å². The number of benzene rings is 1. The fraction of sp³-hybridized carbons (Fsp3) is 0.385. The Hall–Kier alpha value is -1.48. The molecule has 1 heterocycles. The van der Waals surface area contributed by atoms with Gasteiger partial charge >= 0.3 is 0 Å². The van der Waals surface area contributed by atoms with E-state index in [4.69, 9.17) is 10.3 Å². The number of hydrogen-bond donors (Lipinski definition) is 1. The molecular weight excluding hydrogens is 200 g/mol. The summed E-state index contributed by atoms with van der Waals surface area (Å²) in [6, 6.07) is 1.63. The summed E-state index contributed by atoms with van der Waals surface area (Å²) in [6.45, 7) is 0.732. The minimum atomic E-state index is 0.0650. The lowest BCUT2D eigenvalue weighted by Gasteiger charge is -2.08. The summed E-state index contributed by atoms with van der Waals surface area (Å²) in [6.07, 6.45) is 0.656. The van der Waals surface area contributed by atoms with E-state index in [1.165, 1.54) is 13.2 Å². The average Bonchev–Trinajstić information content (AvgIpc) is 2.61. The Labute approximate surface area is 102 Å². The second-order valence-electron chi connectivity index (χ2n) is 3.96. The van der Waals surface area contributed by atoms with Crippen molar-refractivity contribution in [2.24, 2.45) is 0 Å². The molecule has 2 aromatic rings. The van der Waals surface area contributed by atoms with Crippen LogP contribution < -0.4 is 4.74 Å². The van der Waals surface area contributed by atoms with Crippen molar-refractivity contribution in [3.05, 3.63) is 29.9 Å². The Kier molecular flexibility index (Phi) is 1.99. The highest BCUT2D eigenvalue weighted by Crippen LogP contribution is 2.23. The van der Waals surface area contributed by atoms with E-state index in [1.54, 1.807) is 0 Å². The average molecular weight is 222 g/mol. The molecule has 1 N–H and O–H groups in total. The molecule has 1 aromatic heterocycles. The van der Waals surface area contributed by atoms with Crippen LogP contribution in [0.1, 0.15) is 9.68 Å². The zero-order chi connectivity index (χ0) is 15.0. The molecule has 3 heteroatoms. The Morgan fingerprint density at radius 2 is 2.38 bits per heavy atom. The molecule has 0 fully saturated rings. The van der Waals surface area contributed by atoms with Crippen LogP contribution in [0.2, 0.25) is 1.41 Å². The molecule has 3 nitrogen and oxygen atoms in total. The van der Waals surface area contributed by atoms with Crippen molar-refractivity contribution in [3.8, 4) is 5.75 Å². The van der Waals surface area contributed by atoms with Crippen molar-refractivity contribution in [2.75, 3.05) is 27.7 Å². The highest BCUT2D eigenvalue weighted by Gasteiger charge is 2.05. The van der Waals surface area contributed by atoms with Gasteiger partial charge in [0.1, 0.15) is 5.75 Å². The van der Waals surface area contributed by atoms with Crippen molar-refractivity contribution in [3.63, 3.8) is 0 Å². The zero-order valence-electron chi connectivity index (χ0n) is 13.8. The van der Waals surface area contributed by atoms with Gasteiger partial charge in [0.25, 0.3) is 0 Å². The van der Waals surface area contributed by atoms with Gasteiger partial charge in [0.2, 0.25) is 0 Å². The van der Waals surface area contributed by atoms with E-state index in [0.29, 0.717) is 22.9 Å². The van der Waals surface area contributed by atoms with Crippen LogP contribution in [0.3, 0.4) is 0 Å². The highest BCUT2D eigenvalue weighted by atomic mass is 16.5. The van der Waals surface area contributed by atoms with Gasteiger partial charge < -0.3 is 14.6 Å². The van der Waals surface area contributed by atoms with Crippen molar-refractivity contribution in [2.45, 2.75) is 6.42 Å². The maximum Gasteiger partial charge on any atom is 0.166 e. The van der Waals surface area contributed by atoms with E-state index in [-0.39, 0.29) is 24.0 Å². The molecule has 0 atom stereocenters. The molecule has 0 radical (unpaired) electrons. The number of H-pyrrole nitrogens is 1. The quantitative estimate of drug-likeness (QED) is 0.859. The lowest BCUT2D eigenvalue weighted by molar-refractivity contribution is 0.413. The first-order valence-electron chi connectivity index (χ1n) is 7.15. The summed E-state index contributed by atoms with van der Waals surface area (Å²) >= 11 is 0. The Bertz CT molecular complexity index is 652. The molecule has 0 saturated heterocycles. The molecule has 0 aliphatic carbocycles. The van der Waals surface area contributed by atoms with Crippen molar-refractivity contribution in [1.29, 1.82) is 0 Å². The molecule has 16 heavy (non-hydrogen) atoms. The van der Waals surface area contributed by atoms with Crippen LogP contribution >= 0.6 is 0 Å². The van der Waals surface area contributed by atoms with Crippen LogP contribution in [-0.2, 0) is 6.42 Å². The number of hydrogen-bond acceptors (Lipinski definition) is 2. The maximum atomic E-state index is 8.18. The Morgan fingerprint density at radius 3 is 3.06 bits per heavy atom. The number of nitrogens with one attached hydrogen (secondary N) is 1. The largest absolute Gasteiger partial charge is 0.497 e. The second kappa shape index (κ2) is 4.58. The van der Waals surface area contributed by atoms with Crippen molar-refractivity contribution >= 4 is 10.9 Å². The van der Waals surface area contributed by atoms with E-state index in [2.05, 4.69) is 0 Å². The molecule has 0 bridgehead atoms. The van der Waals surface area contributed by atoms with Gasteiger partial charge in [0.05, 0.1) is 11.2 Å². The summed E-state index contributed by atoms with van der Waals surface area (Å²) in [5.74, 6) is 0.189. The topological polar surface area (TPSA) is 28.3 Å². The number of aromatic amines is 1. The van der Waals surface area contributed by atoms with Crippen LogP contribution in [0.15, 0.2) is 24.3 Å². The molecule has 0 spiro atoms. The lowest BCUT2D eigenvalue weighted by atomic mass is 10.1. The van der Waals surface area contributed by atoms with Crippen LogP contribution in [0, 0.1) is 0 Å². The number of methoxy groups -OCH3 is 1. The summed E-state index contributed by atoms with van der Waals surface area (Å²) < 4.78 is 37.1. The van der Waals surface area contributed by atoms with Gasteiger partial charge in [0.15, 0.2) is 1.41 Å². The monoisotopic (exact) mass is 222 g/mol. The molecule has 0 amide bonds. The Balaban J connectivity index is 2.70. The minimum Gasteiger partial charge on any atom is -0.497 e. The van der Waals surface area contributed by atoms with Gasteiger partial charge in [0, 0.05) is 23.6 Å². The van der Waals surface area contributed by atoms with Gasteiger partial charge in [-0.25, -0.2) is 0 Å². The first-order chi connectivity index (χ1) is 9.38. The van der Waals surface area contributed by atoms with Gasteiger partial charge in [-0.15, -0.1) is 0 Å². The second-order valence-corrected chi connectivity index (χ2v) is 3.96. The number of fused-ring (bicyclic) bond motifs is 1. The molecule has 0 aliphatic rings. The highest BCUT2D eigenvalue weighted by molar-refractivity contribution is 5.84. The van der Waals surface area contributed by atoms with Gasteiger partial charge in [-0.2, -0.15) is 0 Å². The summed E-state index contributed by atoms with van der Waals surface area (Å²) in [5.41, 5.74) is 1.08. The normalized spacial score (nSPS) is 14.8. The predicted octanol–water partition coefficient (Wildman–Crippen LogP) is 2.28. The number of nitrogens with zero attached hydrogens (tertiary/aromatic N) is 1. The number of rotatable bonds is 4. The van der Waals surface area contributed by atoms with E-state index >= 15 is 0 Å². The van der Waals surface area contributed by atoms with E-state index in [9.17, 15) is 0 Å². The van der Waals surface area contributed by atoms with Gasteiger partial charge in [-0.3, -0.25) is 0 Å². The van der Waals surface area contributed by atoms with Crippen molar-refractivity contribution < 1.29 is 10.3 Å². The lowest BCUT2D eigenvalue weighted by Crippen LogP contribution is -2.14. The zero-order valence-corrected chi connectivity index (χ0v) is 9.79. The third-order valence-electron chi connectivity index (χ3n) is 2.46. The van der Waals surface area contributed by atoms with Gasteiger partial charge in [-0.1, -0.05) is 0 Å². The fourth-order valence-electron chi connectivity index (χ4n) is 1.55. The van der Waals surface area contributed by atoms with Crippen LogP contribution in [0.4, 0.5) is 0 Å². The minimum absolute atomic E-state index is 0.0650. The number of ether oxygens (including phenoxy) is 1. The summed E-state index contributed by atoms with van der Waals surface area (Å²) in [7, 11) is 5.30. The molecular formula is C13H18N2O. The first kappa shape index (κ1) is 6.97. The molecule has 1 aromatic carbocycles. The first-order valence-corrected chi connectivity index (χ1v) is 5.20. The fourth-order valence-corrected chi connectivity index (χ4v) is 1.55. The molecule has 0 aliphatic heterocycles. The third kappa shape index (κ3) is 2.19. The Morgan fingerprint density at radius 1 is 1.56 bits per heavy atom. The molecule has 2 rings (SSSR count). The van der Waals surface area contributed by atoms with E-state index < -0.39 is 0 Å². The van der Waals surface area contributed by atoms with Crippen LogP contribution in [0.25, 0.3) is 10.9 Å². The van der Waals surface area contributed by atoms with E-state index in [0.717, 1.165) is 11.5 Å². The summed E-state index contributed by atoms with van der Waals surface area (Å²) in [4.78, 5) is 2.97. The number of aromatic nitrogens is 1. The van der Waals surface area contributed by atoms with Crippen LogP contribution in [0.5, 0.6) is 5.75 Å². The standard InChI is InChI=1S/C13H18N2O/c1-15(2)7-6-10-9-14-13-5-4-11(16-3)8-12(10)13/h4-5,8-9,14H,6-7H2,1-3H3/i4D,8D,9D/hD. The molecule has 0 saturated carbocycles. The number of likely N-dealkylation sites (N-methyl/N-ethyl adjacent to an activating group) is 1. The SMILES string of the molecule is [2H]c1cc2c(c([2H])c1OC)c(CCN(C)C)c([2H])n2[2H].